The molecule has 0 unspecified atom stereocenters. The van der Waals surface area contributed by atoms with Crippen LogP contribution in [-0.2, 0) is 11.3 Å². The molecule has 3 rings (SSSR count). The maximum absolute atomic E-state index is 10.8. The van der Waals surface area contributed by atoms with E-state index in [-0.39, 0.29) is 6.54 Å². The van der Waals surface area contributed by atoms with Crippen molar-refractivity contribution in [2.75, 3.05) is 6.54 Å². The van der Waals surface area contributed by atoms with Gasteiger partial charge in [-0.3, -0.25) is 14.1 Å². The van der Waals surface area contributed by atoms with Gasteiger partial charge in [-0.15, -0.1) is 0 Å². The number of carboxylic acids is 1. The van der Waals surface area contributed by atoms with E-state index in [1.807, 2.05) is 27.8 Å². The molecule has 0 amide bonds. The van der Waals surface area contributed by atoms with Crippen LogP contribution in [0.1, 0.15) is 18.5 Å². The fourth-order valence-corrected chi connectivity index (χ4v) is 2.09. The van der Waals surface area contributed by atoms with E-state index >= 15 is 0 Å². The average Bonchev–Trinajstić information content (AvgIpc) is 3.08. The molecule has 0 atom stereocenters. The van der Waals surface area contributed by atoms with Crippen molar-refractivity contribution in [3.8, 4) is 0 Å². The predicted octanol–water partition coefficient (Wildman–Crippen LogP) is 0.778. The Morgan fingerprint density at radius 3 is 3.06 bits per heavy atom. The molecule has 0 aliphatic heterocycles. The summed E-state index contributed by atoms with van der Waals surface area (Å²) in [5.74, 6) is -0.137. The molecule has 0 bridgehead atoms. The molecule has 0 radical (unpaired) electrons. The number of aliphatic carboxylic acids is 1. The lowest BCUT2D eigenvalue weighted by molar-refractivity contribution is -0.138. The number of fused-ring (bicyclic) bond motifs is 1. The highest BCUT2D eigenvalue weighted by molar-refractivity contribution is 5.69. The minimum absolute atomic E-state index is 0.0754. The second-order valence-corrected chi connectivity index (χ2v) is 4.59. The minimum Gasteiger partial charge on any atom is -0.480 e. The Morgan fingerprint density at radius 2 is 2.39 bits per heavy atom. The zero-order chi connectivity index (χ0) is 12.5. The topological polar surface area (TPSA) is 70.7 Å². The molecule has 1 aliphatic rings. The Hall–Kier alpha value is -1.95. The lowest BCUT2D eigenvalue weighted by Gasteiger charge is -2.17. The molecular formula is C12H14N4O2. The van der Waals surface area contributed by atoms with Crippen LogP contribution in [0, 0.1) is 0 Å². The number of nitrogens with zero attached hydrogens (tertiary/aromatic N) is 4. The first-order valence-electron chi connectivity index (χ1n) is 5.97. The SMILES string of the molecule is O=C(O)CN(Cc1cn2cccnc2n1)C1CC1. The van der Waals surface area contributed by atoms with E-state index in [1.54, 1.807) is 6.20 Å². The Morgan fingerprint density at radius 1 is 1.56 bits per heavy atom. The van der Waals surface area contributed by atoms with Gasteiger partial charge in [0.05, 0.1) is 12.2 Å². The van der Waals surface area contributed by atoms with Crippen LogP contribution in [0.3, 0.4) is 0 Å². The lowest BCUT2D eigenvalue weighted by Crippen LogP contribution is -2.31. The number of imidazole rings is 1. The van der Waals surface area contributed by atoms with E-state index in [0.29, 0.717) is 18.4 Å². The minimum atomic E-state index is -0.788. The summed E-state index contributed by atoms with van der Waals surface area (Å²) in [6.07, 6.45) is 7.65. The number of carbonyl (C=O) groups is 1. The number of carboxylic acid groups (broad SMARTS) is 1. The van der Waals surface area contributed by atoms with Crippen molar-refractivity contribution in [3.63, 3.8) is 0 Å². The van der Waals surface area contributed by atoms with Crippen LogP contribution in [0.4, 0.5) is 0 Å². The third-order valence-electron chi connectivity index (χ3n) is 3.05. The molecular weight excluding hydrogens is 232 g/mol. The van der Waals surface area contributed by atoms with Crippen LogP contribution in [0.2, 0.25) is 0 Å². The molecule has 94 valence electrons. The van der Waals surface area contributed by atoms with Gasteiger partial charge in [0.25, 0.3) is 0 Å². The molecule has 18 heavy (non-hydrogen) atoms. The second-order valence-electron chi connectivity index (χ2n) is 4.59. The molecule has 0 spiro atoms. The van der Waals surface area contributed by atoms with Crippen LogP contribution < -0.4 is 0 Å². The number of hydrogen-bond donors (Lipinski definition) is 1. The van der Waals surface area contributed by atoms with Crippen molar-refractivity contribution in [3.05, 3.63) is 30.4 Å². The second kappa shape index (κ2) is 4.38. The van der Waals surface area contributed by atoms with Gasteiger partial charge in [-0.25, -0.2) is 9.97 Å². The number of rotatable bonds is 5. The predicted molar refractivity (Wildman–Crippen MR) is 64.1 cm³/mol. The fraction of sp³-hybridized carbons (Fsp3) is 0.417. The first kappa shape index (κ1) is 11.2. The molecule has 6 heteroatoms. The van der Waals surface area contributed by atoms with Crippen LogP contribution in [0.15, 0.2) is 24.7 Å². The molecule has 1 saturated carbocycles. The zero-order valence-corrected chi connectivity index (χ0v) is 9.86. The lowest BCUT2D eigenvalue weighted by atomic mass is 10.4. The van der Waals surface area contributed by atoms with E-state index in [2.05, 4.69) is 9.97 Å². The van der Waals surface area contributed by atoms with Crippen LogP contribution >= 0.6 is 0 Å². The highest BCUT2D eigenvalue weighted by atomic mass is 16.4. The normalized spacial score (nSPS) is 15.4. The highest BCUT2D eigenvalue weighted by Gasteiger charge is 2.30. The van der Waals surface area contributed by atoms with E-state index in [0.717, 1.165) is 18.5 Å². The van der Waals surface area contributed by atoms with Crippen molar-refractivity contribution >= 4 is 11.7 Å². The molecule has 2 aromatic rings. The summed E-state index contributed by atoms with van der Waals surface area (Å²) in [6.45, 7) is 0.645. The largest absolute Gasteiger partial charge is 0.480 e. The third-order valence-corrected chi connectivity index (χ3v) is 3.05. The van der Waals surface area contributed by atoms with Gasteiger partial charge < -0.3 is 5.11 Å². The molecule has 0 saturated heterocycles. The molecule has 0 aromatic carbocycles. The third kappa shape index (κ3) is 2.33. The monoisotopic (exact) mass is 246 g/mol. The summed E-state index contributed by atoms with van der Waals surface area (Å²) in [6, 6.07) is 2.24. The van der Waals surface area contributed by atoms with Crippen LogP contribution in [0.5, 0.6) is 0 Å². The van der Waals surface area contributed by atoms with Gasteiger partial charge in [0.15, 0.2) is 0 Å². The number of aromatic nitrogens is 3. The number of hydrogen-bond acceptors (Lipinski definition) is 4. The summed E-state index contributed by atoms with van der Waals surface area (Å²) >= 11 is 0. The van der Waals surface area contributed by atoms with E-state index in [1.165, 1.54) is 0 Å². The summed E-state index contributed by atoms with van der Waals surface area (Å²) in [5, 5.41) is 8.90. The quantitative estimate of drug-likeness (QED) is 0.844. The molecule has 1 fully saturated rings. The Kier molecular flexibility index (Phi) is 2.71. The summed E-state index contributed by atoms with van der Waals surface area (Å²) < 4.78 is 1.85. The van der Waals surface area contributed by atoms with Crippen LogP contribution in [-0.4, -0.2) is 42.9 Å². The van der Waals surface area contributed by atoms with Gasteiger partial charge in [-0.05, 0) is 18.9 Å². The van der Waals surface area contributed by atoms with Gasteiger partial charge in [-0.2, -0.15) is 0 Å². The smallest absolute Gasteiger partial charge is 0.317 e. The van der Waals surface area contributed by atoms with Crippen molar-refractivity contribution in [2.45, 2.75) is 25.4 Å². The van der Waals surface area contributed by atoms with Gasteiger partial charge in [0.2, 0.25) is 5.78 Å². The Bertz CT molecular complexity index is 543. The molecule has 2 aromatic heterocycles. The maximum Gasteiger partial charge on any atom is 0.317 e. The molecule has 2 heterocycles. The van der Waals surface area contributed by atoms with Crippen molar-refractivity contribution in [2.24, 2.45) is 0 Å². The van der Waals surface area contributed by atoms with Gasteiger partial charge >= 0.3 is 5.97 Å². The fourth-order valence-electron chi connectivity index (χ4n) is 2.09. The Balaban J connectivity index is 1.78. The zero-order valence-electron chi connectivity index (χ0n) is 9.86. The molecule has 6 nitrogen and oxygen atoms in total. The van der Waals surface area contributed by atoms with Gasteiger partial charge in [0, 0.05) is 31.2 Å². The average molecular weight is 246 g/mol. The highest BCUT2D eigenvalue weighted by Crippen LogP contribution is 2.27. The molecule has 1 aliphatic carbocycles. The van der Waals surface area contributed by atoms with E-state index in [4.69, 9.17) is 5.11 Å². The van der Waals surface area contributed by atoms with Gasteiger partial charge in [-0.1, -0.05) is 0 Å². The summed E-state index contributed by atoms with van der Waals surface area (Å²) in [4.78, 5) is 21.3. The first-order valence-corrected chi connectivity index (χ1v) is 5.97. The molecule has 1 N–H and O–H groups in total. The summed E-state index contributed by atoms with van der Waals surface area (Å²) in [7, 11) is 0. The van der Waals surface area contributed by atoms with Crippen molar-refractivity contribution < 1.29 is 9.90 Å². The first-order chi connectivity index (χ1) is 8.72. The standard InChI is InChI=1S/C12H14N4O2/c17-11(18)8-16(10-2-3-10)7-9-6-15-5-1-4-13-12(15)14-9/h1,4-6,10H,2-3,7-8H2,(H,17,18). The van der Waals surface area contributed by atoms with Crippen LogP contribution in [0.25, 0.3) is 5.78 Å². The van der Waals surface area contributed by atoms with Crippen molar-refractivity contribution in [1.29, 1.82) is 0 Å². The van der Waals surface area contributed by atoms with Crippen molar-refractivity contribution in [1.82, 2.24) is 19.3 Å². The van der Waals surface area contributed by atoms with E-state index in [9.17, 15) is 4.79 Å². The van der Waals surface area contributed by atoms with E-state index < -0.39 is 5.97 Å². The maximum atomic E-state index is 10.8. The van der Waals surface area contributed by atoms with Gasteiger partial charge in [0.1, 0.15) is 0 Å². The summed E-state index contributed by atoms with van der Waals surface area (Å²) in [5.41, 5.74) is 0.863. The Labute approximate surface area is 104 Å².